The number of rotatable bonds is 2. The van der Waals surface area contributed by atoms with E-state index in [0.29, 0.717) is 28.7 Å². The lowest BCUT2D eigenvalue weighted by molar-refractivity contribution is -0.122. The van der Waals surface area contributed by atoms with Crippen LogP contribution < -0.4 is 21.5 Å². The zero-order chi connectivity index (χ0) is 26.8. The summed E-state index contributed by atoms with van der Waals surface area (Å²) in [5.74, 6) is -0.221. The molecule has 4 aromatic rings. The zero-order valence-corrected chi connectivity index (χ0v) is 21.5. The van der Waals surface area contributed by atoms with Gasteiger partial charge in [-0.25, -0.2) is 9.78 Å². The summed E-state index contributed by atoms with van der Waals surface area (Å²) in [7, 11) is 0. The molecular weight excluding hydrogens is 482 g/mol. The van der Waals surface area contributed by atoms with Gasteiger partial charge in [-0.2, -0.15) is 0 Å². The van der Waals surface area contributed by atoms with E-state index in [9.17, 15) is 14.4 Å². The minimum atomic E-state index is -0.720. The van der Waals surface area contributed by atoms with E-state index in [1.807, 2.05) is 51.1 Å². The number of aromatic amines is 1. The molecule has 3 heterocycles. The van der Waals surface area contributed by atoms with E-state index < -0.39 is 12.1 Å². The van der Waals surface area contributed by atoms with E-state index in [0.717, 1.165) is 33.4 Å². The van der Waals surface area contributed by atoms with Crippen LogP contribution in [-0.4, -0.2) is 28.6 Å². The summed E-state index contributed by atoms with van der Waals surface area (Å²) in [6.45, 7) is 6.42. The van der Waals surface area contributed by atoms with Crippen molar-refractivity contribution in [2.45, 2.75) is 39.8 Å². The van der Waals surface area contributed by atoms with Gasteiger partial charge in [0.05, 0.1) is 23.8 Å². The fourth-order valence-electron chi connectivity index (χ4n) is 4.84. The van der Waals surface area contributed by atoms with Crippen LogP contribution in [0.15, 0.2) is 59.7 Å². The molecule has 4 bridgehead atoms. The number of anilines is 2. The minimum Gasteiger partial charge on any atom is -0.449 e. The van der Waals surface area contributed by atoms with Gasteiger partial charge < -0.3 is 20.4 Å². The van der Waals surface area contributed by atoms with Crippen molar-refractivity contribution in [1.29, 1.82) is 0 Å². The monoisotopic (exact) mass is 511 g/mol. The van der Waals surface area contributed by atoms with Crippen LogP contribution >= 0.6 is 0 Å². The first kappa shape index (κ1) is 25.0. The molecule has 1 atom stereocenters. The maximum Gasteiger partial charge on any atom is 0.411 e. The van der Waals surface area contributed by atoms with Gasteiger partial charge >= 0.3 is 6.09 Å². The Hall–Kier alpha value is -4.66. The quantitative estimate of drug-likeness (QED) is 0.316. The summed E-state index contributed by atoms with van der Waals surface area (Å²) >= 11 is 0. The number of carbonyl (C=O) groups excluding carboxylic acids is 2. The molecule has 0 fully saturated rings. The summed E-state index contributed by atoms with van der Waals surface area (Å²) < 4.78 is 5.43. The lowest BCUT2D eigenvalue weighted by Crippen LogP contribution is -2.33. The molecule has 1 unspecified atom stereocenters. The number of amides is 2. The van der Waals surface area contributed by atoms with Crippen LogP contribution in [0.3, 0.4) is 0 Å². The molecular formula is C29H29N5O4. The average Bonchev–Trinajstić information content (AvgIpc) is 2.88. The second-order valence-corrected chi connectivity index (χ2v) is 9.54. The largest absolute Gasteiger partial charge is 0.449 e. The van der Waals surface area contributed by atoms with E-state index in [2.05, 4.69) is 25.9 Å². The van der Waals surface area contributed by atoms with Crippen LogP contribution in [0.4, 0.5) is 16.2 Å². The summed E-state index contributed by atoms with van der Waals surface area (Å²) in [6.07, 6.45) is 1.40. The Morgan fingerprint density at radius 2 is 1.74 bits per heavy atom. The highest BCUT2D eigenvalue weighted by Gasteiger charge is 2.23. The molecule has 0 saturated carbocycles. The van der Waals surface area contributed by atoms with Gasteiger partial charge in [0, 0.05) is 24.3 Å². The summed E-state index contributed by atoms with van der Waals surface area (Å²) in [5, 5.41) is 9.58. The number of hydrogen-bond acceptors (Lipinski definition) is 6. The van der Waals surface area contributed by atoms with Crippen molar-refractivity contribution >= 4 is 34.3 Å². The fourth-order valence-corrected chi connectivity index (χ4v) is 4.84. The highest BCUT2D eigenvalue weighted by Crippen LogP contribution is 2.27. The van der Waals surface area contributed by atoms with Crippen molar-refractivity contribution in [3.63, 3.8) is 0 Å². The molecule has 2 amide bonds. The SMILES string of the molecule is Cc1ccc2cc1CNC(=O)C(Nc1ccc3nc[nH]c(=O)c3c1)c1cc(C)c(c(C)c1)CCOC(=O)N2. The first-order chi connectivity index (χ1) is 18.3. The average molecular weight is 512 g/mol. The predicted octanol–water partition coefficient (Wildman–Crippen LogP) is 4.42. The standard InChI is InChI=1S/C29H29N5O4/c1-16-4-5-21-12-20(16)14-30-28(36)26(33-22-6-7-25-24(13-22)27(35)32-15-31-25)19-10-17(2)23(18(3)11-19)8-9-38-29(37)34-21/h4-7,10-13,15,26,33H,8-9,14H2,1-3H3,(H,30,36)(H,34,37)(H,31,32,35). The number of aromatic nitrogens is 2. The Bertz CT molecular complexity index is 1590. The van der Waals surface area contributed by atoms with E-state index in [4.69, 9.17) is 4.74 Å². The number of fused-ring (bicyclic) bond motifs is 10. The van der Waals surface area contributed by atoms with E-state index in [1.54, 1.807) is 18.2 Å². The van der Waals surface area contributed by atoms with Crippen LogP contribution in [0.25, 0.3) is 10.9 Å². The molecule has 0 radical (unpaired) electrons. The minimum absolute atomic E-state index is 0.221. The summed E-state index contributed by atoms with van der Waals surface area (Å²) in [5.41, 5.74) is 7.24. The number of ether oxygens (including phenoxy) is 1. The molecule has 38 heavy (non-hydrogen) atoms. The lowest BCUT2D eigenvalue weighted by Gasteiger charge is -2.23. The van der Waals surface area contributed by atoms with Gasteiger partial charge in [0.1, 0.15) is 6.04 Å². The second-order valence-electron chi connectivity index (χ2n) is 9.54. The number of nitrogens with one attached hydrogen (secondary N) is 4. The number of aryl methyl sites for hydroxylation is 3. The van der Waals surface area contributed by atoms with Crippen LogP contribution in [0.1, 0.15) is 39.4 Å². The molecule has 6 rings (SSSR count). The highest BCUT2D eigenvalue weighted by molar-refractivity contribution is 5.88. The van der Waals surface area contributed by atoms with Gasteiger partial charge in [0.15, 0.2) is 0 Å². The maximum absolute atomic E-state index is 13.7. The smallest absolute Gasteiger partial charge is 0.411 e. The first-order valence-electron chi connectivity index (χ1n) is 12.4. The van der Waals surface area contributed by atoms with Gasteiger partial charge in [-0.3, -0.25) is 14.9 Å². The van der Waals surface area contributed by atoms with Crippen molar-refractivity contribution in [2.75, 3.05) is 17.2 Å². The molecule has 1 aromatic heterocycles. The number of nitrogens with zero attached hydrogens (tertiary/aromatic N) is 1. The normalized spacial score (nSPS) is 16.0. The van der Waals surface area contributed by atoms with Gasteiger partial charge in [-0.05, 0) is 84.5 Å². The Balaban J connectivity index is 1.55. The third-order valence-electron chi connectivity index (χ3n) is 6.90. The number of carbonyl (C=O) groups is 2. The van der Waals surface area contributed by atoms with Gasteiger partial charge in [0.25, 0.3) is 5.56 Å². The van der Waals surface area contributed by atoms with E-state index in [-0.39, 0.29) is 24.6 Å². The van der Waals surface area contributed by atoms with Crippen molar-refractivity contribution in [2.24, 2.45) is 0 Å². The van der Waals surface area contributed by atoms with Gasteiger partial charge in [-0.1, -0.05) is 18.2 Å². The Labute approximate surface area is 219 Å². The summed E-state index contributed by atoms with van der Waals surface area (Å²) in [4.78, 5) is 45.1. The Morgan fingerprint density at radius 1 is 0.947 bits per heavy atom. The van der Waals surface area contributed by atoms with Crippen LogP contribution in [-0.2, 0) is 22.5 Å². The highest BCUT2D eigenvalue weighted by atomic mass is 16.5. The van der Waals surface area contributed by atoms with Crippen molar-refractivity contribution < 1.29 is 14.3 Å². The predicted molar refractivity (Wildman–Crippen MR) is 146 cm³/mol. The number of H-pyrrole nitrogens is 1. The van der Waals surface area contributed by atoms with E-state index >= 15 is 0 Å². The number of benzene rings is 3. The third kappa shape index (κ3) is 5.22. The molecule has 0 spiro atoms. The molecule has 9 nitrogen and oxygen atoms in total. The first-order valence-corrected chi connectivity index (χ1v) is 12.4. The number of hydrogen-bond donors (Lipinski definition) is 4. The molecule has 194 valence electrons. The van der Waals surface area contributed by atoms with Crippen LogP contribution in [0, 0.1) is 20.8 Å². The Kier molecular flexibility index (Phi) is 6.83. The molecule has 0 saturated heterocycles. The van der Waals surface area contributed by atoms with Crippen molar-refractivity contribution in [1.82, 2.24) is 15.3 Å². The van der Waals surface area contributed by atoms with Crippen molar-refractivity contribution in [3.8, 4) is 0 Å². The molecule has 2 aliphatic heterocycles. The van der Waals surface area contributed by atoms with Crippen LogP contribution in [0.2, 0.25) is 0 Å². The lowest BCUT2D eigenvalue weighted by atomic mass is 9.93. The molecule has 0 aliphatic carbocycles. The van der Waals surface area contributed by atoms with E-state index in [1.165, 1.54) is 6.33 Å². The fraction of sp³-hybridized carbons (Fsp3) is 0.241. The zero-order valence-electron chi connectivity index (χ0n) is 21.5. The summed E-state index contributed by atoms with van der Waals surface area (Å²) in [6, 6.07) is 14.0. The van der Waals surface area contributed by atoms with Crippen LogP contribution in [0.5, 0.6) is 0 Å². The Morgan fingerprint density at radius 3 is 2.53 bits per heavy atom. The maximum atomic E-state index is 13.7. The molecule has 3 aromatic carbocycles. The molecule has 9 heteroatoms. The van der Waals surface area contributed by atoms with Gasteiger partial charge in [-0.15, -0.1) is 0 Å². The van der Waals surface area contributed by atoms with Crippen molar-refractivity contribution in [3.05, 3.63) is 98.6 Å². The topological polar surface area (TPSA) is 125 Å². The molecule has 2 aliphatic rings. The third-order valence-corrected chi connectivity index (χ3v) is 6.90. The van der Waals surface area contributed by atoms with Gasteiger partial charge in [0.2, 0.25) is 5.91 Å². The molecule has 4 N–H and O–H groups in total. The second kappa shape index (κ2) is 10.4.